The molecule has 16 heavy (non-hydrogen) atoms. The van der Waals surface area contributed by atoms with E-state index >= 15 is 0 Å². The minimum atomic E-state index is -0.670. The second-order valence-corrected chi connectivity index (χ2v) is 3.33. The SMILES string of the molecule is CCOC(=O)c1cc(Cl)c(F)c(OCC)c1. The molecule has 0 aliphatic heterocycles. The van der Waals surface area contributed by atoms with Gasteiger partial charge in [-0.05, 0) is 26.0 Å². The zero-order valence-corrected chi connectivity index (χ0v) is 9.81. The highest BCUT2D eigenvalue weighted by atomic mass is 35.5. The first kappa shape index (κ1) is 12.8. The van der Waals surface area contributed by atoms with Gasteiger partial charge in [0, 0.05) is 0 Å². The highest BCUT2D eigenvalue weighted by Crippen LogP contribution is 2.27. The monoisotopic (exact) mass is 246 g/mol. The molecule has 0 amide bonds. The van der Waals surface area contributed by atoms with Gasteiger partial charge in [0.25, 0.3) is 0 Å². The van der Waals surface area contributed by atoms with Crippen molar-refractivity contribution in [2.45, 2.75) is 13.8 Å². The number of carbonyl (C=O) groups excluding carboxylic acids is 1. The van der Waals surface area contributed by atoms with Crippen molar-refractivity contribution >= 4 is 17.6 Å². The van der Waals surface area contributed by atoms with Gasteiger partial charge in [-0.25, -0.2) is 9.18 Å². The average Bonchev–Trinajstić information content (AvgIpc) is 2.25. The molecule has 0 aliphatic carbocycles. The summed E-state index contributed by atoms with van der Waals surface area (Å²) < 4.78 is 23.2. The van der Waals surface area contributed by atoms with Gasteiger partial charge in [0.2, 0.25) is 0 Å². The van der Waals surface area contributed by atoms with Crippen LogP contribution in [0.3, 0.4) is 0 Å². The van der Waals surface area contributed by atoms with Crippen molar-refractivity contribution in [2.24, 2.45) is 0 Å². The molecule has 0 atom stereocenters. The predicted molar refractivity (Wildman–Crippen MR) is 58.5 cm³/mol. The summed E-state index contributed by atoms with van der Waals surface area (Å²) in [6, 6.07) is 2.50. The van der Waals surface area contributed by atoms with Gasteiger partial charge in [-0.15, -0.1) is 0 Å². The molecular formula is C11H12ClFO3. The molecule has 88 valence electrons. The van der Waals surface area contributed by atoms with Crippen molar-refractivity contribution in [3.05, 3.63) is 28.5 Å². The fourth-order valence-electron chi connectivity index (χ4n) is 1.16. The molecule has 0 radical (unpaired) electrons. The van der Waals surface area contributed by atoms with E-state index < -0.39 is 11.8 Å². The van der Waals surface area contributed by atoms with Crippen LogP contribution >= 0.6 is 11.6 Å². The first-order valence-corrected chi connectivity index (χ1v) is 5.26. The summed E-state index contributed by atoms with van der Waals surface area (Å²) in [4.78, 5) is 11.4. The third kappa shape index (κ3) is 2.85. The molecule has 0 bridgehead atoms. The largest absolute Gasteiger partial charge is 0.491 e. The van der Waals surface area contributed by atoms with Gasteiger partial charge in [-0.1, -0.05) is 11.6 Å². The Morgan fingerprint density at radius 3 is 2.62 bits per heavy atom. The number of carbonyl (C=O) groups is 1. The van der Waals surface area contributed by atoms with Crippen molar-refractivity contribution in [2.75, 3.05) is 13.2 Å². The Balaban J connectivity index is 3.08. The molecule has 0 N–H and O–H groups in total. The summed E-state index contributed by atoms with van der Waals surface area (Å²) in [5.41, 5.74) is 0.178. The normalized spacial score (nSPS) is 10.0. The van der Waals surface area contributed by atoms with Crippen molar-refractivity contribution in [1.29, 1.82) is 0 Å². The van der Waals surface area contributed by atoms with E-state index in [4.69, 9.17) is 21.1 Å². The molecule has 3 nitrogen and oxygen atoms in total. The predicted octanol–water partition coefficient (Wildman–Crippen LogP) is 3.05. The van der Waals surface area contributed by atoms with Crippen molar-refractivity contribution < 1.29 is 18.7 Å². The smallest absolute Gasteiger partial charge is 0.338 e. The Morgan fingerprint density at radius 1 is 1.38 bits per heavy atom. The molecule has 0 aromatic heterocycles. The number of esters is 1. The van der Waals surface area contributed by atoms with Crippen LogP contribution in [0.1, 0.15) is 24.2 Å². The minimum Gasteiger partial charge on any atom is -0.491 e. The van der Waals surface area contributed by atoms with Crippen LogP contribution in [0.25, 0.3) is 0 Å². The lowest BCUT2D eigenvalue weighted by Crippen LogP contribution is -2.06. The summed E-state index contributed by atoms with van der Waals surface area (Å²) >= 11 is 5.64. The maximum Gasteiger partial charge on any atom is 0.338 e. The molecular weight excluding hydrogens is 235 g/mol. The first-order chi connectivity index (χ1) is 7.60. The van der Waals surface area contributed by atoms with E-state index in [1.54, 1.807) is 13.8 Å². The van der Waals surface area contributed by atoms with Crippen LogP contribution in [0.4, 0.5) is 4.39 Å². The van der Waals surface area contributed by atoms with Gasteiger partial charge >= 0.3 is 5.97 Å². The highest BCUT2D eigenvalue weighted by Gasteiger charge is 2.15. The average molecular weight is 247 g/mol. The van der Waals surface area contributed by atoms with Crippen molar-refractivity contribution in [1.82, 2.24) is 0 Å². The Hall–Kier alpha value is -1.29. The molecule has 0 aliphatic rings. The molecule has 0 spiro atoms. The third-order valence-electron chi connectivity index (χ3n) is 1.81. The fraction of sp³-hybridized carbons (Fsp3) is 0.364. The molecule has 1 aromatic carbocycles. The van der Waals surface area contributed by atoms with Crippen molar-refractivity contribution in [3.63, 3.8) is 0 Å². The second-order valence-electron chi connectivity index (χ2n) is 2.92. The lowest BCUT2D eigenvalue weighted by molar-refractivity contribution is 0.0525. The molecule has 0 unspecified atom stereocenters. The Bertz CT molecular complexity index is 393. The Labute approximate surface area is 98.1 Å². The number of hydrogen-bond acceptors (Lipinski definition) is 3. The molecule has 0 heterocycles. The van der Waals surface area contributed by atoms with Gasteiger partial charge in [0.05, 0.1) is 23.8 Å². The van der Waals surface area contributed by atoms with Crippen LogP contribution in [0.5, 0.6) is 5.75 Å². The van der Waals surface area contributed by atoms with Crippen molar-refractivity contribution in [3.8, 4) is 5.75 Å². The van der Waals surface area contributed by atoms with E-state index in [0.29, 0.717) is 6.61 Å². The summed E-state index contributed by atoms with van der Waals surface area (Å²) in [7, 11) is 0. The van der Waals surface area contributed by atoms with Crippen LogP contribution in [-0.4, -0.2) is 19.2 Å². The van der Waals surface area contributed by atoms with E-state index in [2.05, 4.69) is 0 Å². The van der Waals surface area contributed by atoms with Crippen LogP contribution in [0, 0.1) is 5.82 Å². The van der Waals surface area contributed by atoms with Crippen LogP contribution < -0.4 is 4.74 Å². The summed E-state index contributed by atoms with van der Waals surface area (Å²) in [6.45, 7) is 3.94. The number of halogens is 2. The van der Waals surface area contributed by atoms with E-state index in [1.807, 2.05) is 0 Å². The molecule has 1 aromatic rings. The van der Waals surface area contributed by atoms with Crippen LogP contribution in [0.15, 0.2) is 12.1 Å². The number of ether oxygens (including phenoxy) is 2. The minimum absolute atomic E-state index is 0.0435. The lowest BCUT2D eigenvalue weighted by atomic mass is 10.2. The summed E-state index contributed by atoms with van der Waals surface area (Å²) in [5.74, 6) is -1.26. The zero-order chi connectivity index (χ0) is 12.1. The third-order valence-corrected chi connectivity index (χ3v) is 2.08. The van der Waals surface area contributed by atoms with Gasteiger partial charge in [0.1, 0.15) is 0 Å². The van der Waals surface area contributed by atoms with E-state index in [1.165, 1.54) is 12.1 Å². The van der Waals surface area contributed by atoms with Crippen LogP contribution in [0.2, 0.25) is 5.02 Å². The molecule has 1 rings (SSSR count). The molecule has 0 saturated heterocycles. The standard InChI is InChI=1S/C11H12ClFO3/c1-3-15-9-6-7(11(14)16-4-2)5-8(12)10(9)13/h5-6H,3-4H2,1-2H3. The molecule has 0 saturated carbocycles. The summed E-state index contributed by atoms with van der Waals surface area (Å²) in [5, 5.41) is -0.158. The lowest BCUT2D eigenvalue weighted by Gasteiger charge is -2.08. The zero-order valence-electron chi connectivity index (χ0n) is 9.05. The Morgan fingerprint density at radius 2 is 2.06 bits per heavy atom. The highest BCUT2D eigenvalue weighted by molar-refractivity contribution is 6.31. The number of benzene rings is 1. The van der Waals surface area contributed by atoms with E-state index in [0.717, 1.165) is 0 Å². The maximum absolute atomic E-state index is 13.4. The molecule has 0 fully saturated rings. The van der Waals surface area contributed by atoms with Gasteiger partial charge in [0.15, 0.2) is 11.6 Å². The number of rotatable bonds is 4. The fourth-order valence-corrected chi connectivity index (χ4v) is 1.37. The second kappa shape index (κ2) is 5.70. The topological polar surface area (TPSA) is 35.5 Å². The summed E-state index contributed by atoms with van der Waals surface area (Å²) in [6.07, 6.45) is 0. The van der Waals surface area contributed by atoms with Gasteiger partial charge in [-0.2, -0.15) is 0 Å². The maximum atomic E-state index is 13.4. The van der Waals surface area contributed by atoms with Gasteiger partial charge in [-0.3, -0.25) is 0 Å². The van der Waals surface area contributed by atoms with Gasteiger partial charge < -0.3 is 9.47 Å². The van der Waals surface area contributed by atoms with E-state index in [-0.39, 0.29) is 22.9 Å². The molecule has 5 heteroatoms. The van der Waals surface area contributed by atoms with Crippen LogP contribution in [-0.2, 0) is 4.74 Å². The quantitative estimate of drug-likeness (QED) is 0.766. The first-order valence-electron chi connectivity index (χ1n) is 4.89. The van der Waals surface area contributed by atoms with E-state index in [9.17, 15) is 9.18 Å². The Kier molecular flexibility index (Phi) is 4.55. The number of hydrogen-bond donors (Lipinski definition) is 0.